The van der Waals surface area contributed by atoms with Crippen LogP contribution in [0.2, 0.25) is 0 Å². The molecule has 2 aliphatic heterocycles. The number of amides is 1. The molecule has 5 heteroatoms. The lowest BCUT2D eigenvalue weighted by Crippen LogP contribution is -2.42. The molecule has 1 unspecified atom stereocenters. The van der Waals surface area contributed by atoms with Gasteiger partial charge < -0.3 is 14.2 Å². The van der Waals surface area contributed by atoms with Gasteiger partial charge in [0, 0.05) is 6.54 Å². The minimum Gasteiger partial charge on any atom is -0.454 e. The van der Waals surface area contributed by atoms with Crippen molar-refractivity contribution in [2.75, 3.05) is 13.3 Å². The monoisotopic (exact) mass is 317 g/mol. The normalized spacial score (nSPS) is 19.8. The van der Waals surface area contributed by atoms with E-state index in [1.54, 1.807) is 4.90 Å². The predicted molar refractivity (Wildman–Crippen MR) is 86.8 cm³/mol. The number of allylic oxidation sites excluding steroid dienone is 1. The standard InChI is InChI=1S/C18H23NO4/c1-5-6-14-13-10-16-15(21-11-22-16)9-12(13)7-8-19(14)17(20)23-18(2,3)4/h5-6,9-10,14H,7-8,11H2,1-4H3/b6-5+. The average molecular weight is 317 g/mol. The molecule has 2 heterocycles. The maximum Gasteiger partial charge on any atom is 0.411 e. The third kappa shape index (κ3) is 3.14. The Labute approximate surface area is 136 Å². The van der Waals surface area contributed by atoms with Crippen molar-refractivity contribution in [3.05, 3.63) is 35.4 Å². The lowest BCUT2D eigenvalue weighted by atomic mass is 9.92. The Balaban J connectivity index is 1.94. The highest BCUT2D eigenvalue weighted by atomic mass is 16.7. The number of carbonyl (C=O) groups excluding carboxylic acids is 1. The van der Waals surface area contributed by atoms with Crippen LogP contribution in [-0.4, -0.2) is 29.9 Å². The van der Waals surface area contributed by atoms with Crippen molar-refractivity contribution < 1.29 is 19.0 Å². The number of carbonyl (C=O) groups is 1. The summed E-state index contributed by atoms with van der Waals surface area (Å²) in [7, 11) is 0. The largest absolute Gasteiger partial charge is 0.454 e. The summed E-state index contributed by atoms with van der Waals surface area (Å²) in [5, 5.41) is 0. The van der Waals surface area contributed by atoms with Gasteiger partial charge in [-0.15, -0.1) is 0 Å². The second kappa shape index (κ2) is 5.80. The molecule has 0 N–H and O–H groups in total. The van der Waals surface area contributed by atoms with Crippen LogP contribution in [0.25, 0.3) is 0 Å². The van der Waals surface area contributed by atoms with Crippen LogP contribution in [0.1, 0.15) is 44.9 Å². The molecular formula is C18H23NO4. The molecule has 1 amide bonds. The lowest BCUT2D eigenvalue weighted by Gasteiger charge is -2.36. The van der Waals surface area contributed by atoms with Crippen LogP contribution < -0.4 is 9.47 Å². The van der Waals surface area contributed by atoms with Gasteiger partial charge in [0.1, 0.15) is 5.60 Å². The fraction of sp³-hybridized carbons (Fsp3) is 0.500. The zero-order valence-corrected chi connectivity index (χ0v) is 14.1. The summed E-state index contributed by atoms with van der Waals surface area (Å²) >= 11 is 0. The summed E-state index contributed by atoms with van der Waals surface area (Å²) in [6.07, 6.45) is 4.47. The number of fused-ring (bicyclic) bond motifs is 2. The molecule has 124 valence electrons. The molecule has 2 aliphatic rings. The van der Waals surface area contributed by atoms with Crippen molar-refractivity contribution in [1.29, 1.82) is 0 Å². The van der Waals surface area contributed by atoms with E-state index in [1.807, 2.05) is 52.0 Å². The van der Waals surface area contributed by atoms with Crippen molar-refractivity contribution >= 4 is 6.09 Å². The van der Waals surface area contributed by atoms with Crippen molar-refractivity contribution in [2.45, 2.75) is 45.8 Å². The van der Waals surface area contributed by atoms with Gasteiger partial charge in [-0.1, -0.05) is 12.2 Å². The molecule has 1 aromatic rings. The van der Waals surface area contributed by atoms with E-state index in [1.165, 1.54) is 5.56 Å². The van der Waals surface area contributed by atoms with E-state index in [2.05, 4.69) is 0 Å². The average Bonchev–Trinajstić information content (AvgIpc) is 2.91. The van der Waals surface area contributed by atoms with Gasteiger partial charge in [-0.2, -0.15) is 0 Å². The molecule has 3 rings (SSSR count). The molecule has 23 heavy (non-hydrogen) atoms. The maximum atomic E-state index is 12.6. The highest BCUT2D eigenvalue weighted by molar-refractivity contribution is 5.70. The molecule has 1 aromatic carbocycles. The fourth-order valence-electron chi connectivity index (χ4n) is 2.95. The number of hydrogen-bond donors (Lipinski definition) is 0. The van der Waals surface area contributed by atoms with Gasteiger partial charge in [0.05, 0.1) is 6.04 Å². The van der Waals surface area contributed by atoms with Crippen LogP contribution in [0.4, 0.5) is 4.79 Å². The Morgan fingerprint density at radius 2 is 2.00 bits per heavy atom. The van der Waals surface area contributed by atoms with Gasteiger partial charge in [0.2, 0.25) is 6.79 Å². The summed E-state index contributed by atoms with van der Waals surface area (Å²) in [6, 6.07) is 3.87. The number of rotatable bonds is 1. The van der Waals surface area contributed by atoms with E-state index in [4.69, 9.17) is 14.2 Å². The fourth-order valence-corrected chi connectivity index (χ4v) is 2.95. The van der Waals surface area contributed by atoms with Gasteiger partial charge in [0.25, 0.3) is 0 Å². The number of benzene rings is 1. The van der Waals surface area contributed by atoms with Gasteiger partial charge in [-0.25, -0.2) is 4.79 Å². The number of nitrogens with zero attached hydrogens (tertiary/aromatic N) is 1. The number of ether oxygens (including phenoxy) is 3. The van der Waals surface area contributed by atoms with Crippen LogP contribution >= 0.6 is 0 Å². The molecule has 0 saturated heterocycles. The van der Waals surface area contributed by atoms with E-state index in [9.17, 15) is 4.79 Å². The first-order valence-corrected chi connectivity index (χ1v) is 7.94. The van der Waals surface area contributed by atoms with Crippen molar-refractivity contribution in [3.8, 4) is 11.5 Å². The summed E-state index contributed by atoms with van der Waals surface area (Å²) in [5.41, 5.74) is 1.76. The molecule has 0 fully saturated rings. The Hall–Kier alpha value is -2.17. The van der Waals surface area contributed by atoms with Crippen LogP contribution in [0.15, 0.2) is 24.3 Å². The molecule has 0 radical (unpaired) electrons. The van der Waals surface area contributed by atoms with Crippen molar-refractivity contribution in [2.24, 2.45) is 0 Å². The van der Waals surface area contributed by atoms with Crippen LogP contribution in [0.5, 0.6) is 11.5 Å². The molecule has 0 aromatic heterocycles. The maximum absolute atomic E-state index is 12.6. The topological polar surface area (TPSA) is 48.0 Å². The summed E-state index contributed by atoms with van der Waals surface area (Å²) in [4.78, 5) is 14.3. The Morgan fingerprint density at radius 3 is 2.65 bits per heavy atom. The van der Waals surface area contributed by atoms with Gasteiger partial charge >= 0.3 is 6.09 Å². The van der Waals surface area contributed by atoms with Crippen molar-refractivity contribution in [3.63, 3.8) is 0 Å². The van der Waals surface area contributed by atoms with Crippen LogP contribution in [-0.2, 0) is 11.2 Å². The Morgan fingerprint density at radius 1 is 1.30 bits per heavy atom. The Bertz CT molecular complexity index is 645. The summed E-state index contributed by atoms with van der Waals surface area (Å²) in [6.45, 7) is 8.47. The molecule has 0 saturated carbocycles. The number of hydrogen-bond acceptors (Lipinski definition) is 4. The van der Waals surface area contributed by atoms with E-state index >= 15 is 0 Å². The molecule has 0 bridgehead atoms. The zero-order chi connectivity index (χ0) is 16.6. The quantitative estimate of drug-likeness (QED) is 0.739. The third-order valence-electron chi connectivity index (χ3n) is 3.91. The second-order valence-electron chi connectivity index (χ2n) is 6.80. The molecule has 5 nitrogen and oxygen atoms in total. The van der Waals surface area contributed by atoms with E-state index in [-0.39, 0.29) is 18.9 Å². The first kappa shape index (κ1) is 15.7. The first-order valence-electron chi connectivity index (χ1n) is 7.94. The zero-order valence-electron chi connectivity index (χ0n) is 14.1. The lowest BCUT2D eigenvalue weighted by molar-refractivity contribution is 0.0184. The molecule has 1 atom stereocenters. The molecular weight excluding hydrogens is 294 g/mol. The highest BCUT2D eigenvalue weighted by Crippen LogP contribution is 2.41. The second-order valence-corrected chi connectivity index (χ2v) is 6.80. The summed E-state index contributed by atoms with van der Waals surface area (Å²) in [5.74, 6) is 1.53. The highest BCUT2D eigenvalue weighted by Gasteiger charge is 2.33. The predicted octanol–water partition coefficient (Wildman–Crippen LogP) is 3.83. The van der Waals surface area contributed by atoms with E-state index < -0.39 is 5.60 Å². The van der Waals surface area contributed by atoms with Crippen molar-refractivity contribution in [1.82, 2.24) is 4.90 Å². The van der Waals surface area contributed by atoms with Crippen LogP contribution in [0.3, 0.4) is 0 Å². The smallest absolute Gasteiger partial charge is 0.411 e. The van der Waals surface area contributed by atoms with Crippen LogP contribution in [0, 0.1) is 0 Å². The molecule has 0 spiro atoms. The Kier molecular flexibility index (Phi) is 3.96. The SMILES string of the molecule is C/C=C/C1c2cc3c(cc2CCN1C(=O)OC(C)(C)C)OCO3. The first-order chi connectivity index (χ1) is 10.9. The molecule has 0 aliphatic carbocycles. The minimum absolute atomic E-state index is 0.145. The van der Waals surface area contributed by atoms with Gasteiger partial charge in [0.15, 0.2) is 11.5 Å². The van der Waals surface area contributed by atoms with Gasteiger partial charge in [-0.05, 0) is 57.4 Å². The van der Waals surface area contributed by atoms with E-state index in [0.717, 1.165) is 23.5 Å². The third-order valence-corrected chi connectivity index (χ3v) is 3.91. The minimum atomic E-state index is -0.507. The van der Waals surface area contributed by atoms with E-state index in [0.29, 0.717) is 6.54 Å². The van der Waals surface area contributed by atoms with Gasteiger partial charge in [-0.3, -0.25) is 4.90 Å². The summed E-state index contributed by atoms with van der Waals surface area (Å²) < 4.78 is 16.5.